The van der Waals surface area contributed by atoms with Gasteiger partial charge < -0.3 is 24.6 Å². The van der Waals surface area contributed by atoms with Gasteiger partial charge in [-0.3, -0.25) is 4.90 Å². The van der Waals surface area contributed by atoms with Crippen LogP contribution in [0.1, 0.15) is 60.5 Å². The standard InChI is InChI=1S/C28H38N2O4/c1-5-17-16-30-9-7-19-13-27(33-3)28(34-4)15-22(19)24(30)11-20(17)10-23-21-14-26(32-2)25(31)12-18(21)6-8-29-23/h12-15,17,20,23-24,29,31H,5-11,16H2,1-4H3/t17-,20+,23-,24-/m1/s1. The van der Waals surface area contributed by atoms with Crippen LogP contribution in [0.4, 0.5) is 0 Å². The van der Waals surface area contributed by atoms with Crippen molar-refractivity contribution >= 4 is 0 Å². The van der Waals surface area contributed by atoms with Crippen molar-refractivity contribution in [2.24, 2.45) is 11.8 Å². The molecule has 3 aliphatic heterocycles. The SMILES string of the molecule is CC[C@@H]1CN2CCc3cc(OC)c(OC)cc3[C@H]2C[C@@H]1C[C@H]1NCCc2cc(O)c(OC)cc21. The highest BCUT2D eigenvalue weighted by Crippen LogP contribution is 2.47. The molecule has 5 rings (SSSR count). The molecule has 0 aliphatic carbocycles. The van der Waals surface area contributed by atoms with Crippen molar-refractivity contribution in [1.29, 1.82) is 0 Å². The predicted octanol–water partition coefficient (Wildman–Crippen LogP) is 4.64. The summed E-state index contributed by atoms with van der Waals surface area (Å²) in [6, 6.07) is 9.06. The van der Waals surface area contributed by atoms with Crippen LogP contribution in [0.3, 0.4) is 0 Å². The quantitative estimate of drug-likeness (QED) is 0.647. The van der Waals surface area contributed by atoms with Crippen LogP contribution in [-0.2, 0) is 12.8 Å². The first kappa shape index (κ1) is 23.3. The van der Waals surface area contributed by atoms with Crippen LogP contribution in [0.15, 0.2) is 24.3 Å². The predicted molar refractivity (Wildman–Crippen MR) is 133 cm³/mol. The van der Waals surface area contributed by atoms with E-state index < -0.39 is 0 Å². The molecule has 0 spiro atoms. The monoisotopic (exact) mass is 466 g/mol. The Labute approximate surface area is 203 Å². The van der Waals surface area contributed by atoms with Crippen molar-refractivity contribution in [2.75, 3.05) is 41.0 Å². The number of fused-ring (bicyclic) bond motifs is 4. The summed E-state index contributed by atoms with van der Waals surface area (Å²) in [5.74, 6) is 3.76. The van der Waals surface area contributed by atoms with Gasteiger partial charge in [0.1, 0.15) is 0 Å². The fourth-order valence-corrected chi connectivity index (χ4v) is 6.59. The molecule has 2 N–H and O–H groups in total. The molecule has 3 aliphatic rings. The number of methoxy groups -OCH3 is 3. The van der Waals surface area contributed by atoms with Crippen molar-refractivity contribution in [3.05, 3.63) is 46.5 Å². The van der Waals surface area contributed by atoms with E-state index in [2.05, 4.69) is 29.3 Å². The Hall–Kier alpha value is -2.44. The first-order chi connectivity index (χ1) is 16.6. The molecule has 0 aromatic heterocycles. The highest BCUT2D eigenvalue weighted by Gasteiger charge is 2.40. The Morgan fingerprint density at radius 3 is 2.35 bits per heavy atom. The smallest absolute Gasteiger partial charge is 0.161 e. The molecule has 6 nitrogen and oxygen atoms in total. The lowest BCUT2D eigenvalue weighted by Gasteiger charge is -2.48. The fourth-order valence-electron chi connectivity index (χ4n) is 6.59. The molecule has 3 heterocycles. The molecule has 2 aromatic rings. The van der Waals surface area contributed by atoms with E-state index in [4.69, 9.17) is 14.2 Å². The van der Waals surface area contributed by atoms with Crippen molar-refractivity contribution in [2.45, 2.75) is 51.1 Å². The van der Waals surface area contributed by atoms with E-state index in [9.17, 15) is 5.11 Å². The normalized spacial score (nSPS) is 26.2. The summed E-state index contributed by atoms with van der Waals surface area (Å²) in [5, 5.41) is 14.1. The van der Waals surface area contributed by atoms with Crippen molar-refractivity contribution in [3.8, 4) is 23.0 Å². The van der Waals surface area contributed by atoms with Crippen LogP contribution >= 0.6 is 0 Å². The second-order valence-electron chi connectivity index (χ2n) is 10.0. The number of hydrogen-bond acceptors (Lipinski definition) is 6. The van der Waals surface area contributed by atoms with E-state index in [1.165, 1.54) is 28.7 Å². The average molecular weight is 467 g/mol. The molecular formula is C28H38N2O4. The summed E-state index contributed by atoms with van der Waals surface area (Å²) in [7, 11) is 5.06. The second kappa shape index (κ2) is 9.67. The third kappa shape index (κ3) is 4.11. The van der Waals surface area contributed by atoms with Gasteiger partial charge in [-0.25, -0.2) is 0 Å². The zero-order valence-electron chi connectivity index (χ0n) is 20.9. The van der Waals surface area contributed by atoms with Gasteiger partial charge in [0.2, 0.25) is 0 Å². The molecule has 4 atom stereocenters. The maximum Gasteiger partial charge on any atom is 0.161 e. The van der Waals surface area contributed by atoms with E-state index in [1.54, 1.807) is 21.3 Å². The average Bonchev–Trinajstić information content (AvgIpc) is 2.87. The van der Waals surface area contributed by atoms with Crippen LogP contribution in [0.5, 0.6) is 23.0 Å². The van der Waals surface area contributed by atoms with Crippen LogP contribution in [0, 0.1) is 11.8 Å². The summed E-state index contributed by atoms with van der Waals surface area (Å²) in [6.07, 6.45) is 5.46. The van der Waals surface area contributed by atoms with E-state index in [-0.39, 0.29) is 11.8 Å². The van der Waals surface area contributed by atoms with Gasteiger partial charge in [-0.05, 0) is 90.6 Å². The summed E-state index contributed by atoms with van der Waals surface area (Å²) >= 11 is 0. The lowest BCUT2D eigenvalue weighted by atomic mass is 9.72. The van der Waals surface area contributed by atoms with Crippen molar-refractivity contribution in [3.63, 3.8) is 0 Å². The second-order valence-corrected chi connectivity index (χ2v) is 10.0. The number of phenols is 1. The van der Waals surface area contributed by atoms with Gasteiger partial charge in [-0.1, -0.05) is 13.3 Å². The van der Waals surface area contributed by atoms with E-state index in [0.717, 1.165) is 56.8 Å². The first-order valence-electron chi connectivity index (χ1n) is 12.7. The van der Waals surface area contributed by atoms with Crippen molar-refractivity contribution in [1.82, 2.24) is 10.2 Å². The lowest BCUT2D eigenvalue weighted by Crippen LogP contribution is -2.46. The minimum absolute atomic E-state index is 0.241. The molecule has 1 saturated heterocycles. The van der Waals surface area contributed by atoms with Gasteiger partial charge >= 0.3 is 0 Å². The molecule has 0 unspecified atom stereocenters. The number of piperidine rings is 1. The minimum Gasteiger partial charge on any atom is -0.504 e. The lowest BCUT2D eigenvalue weighted by molar-refractivity contribution is 0.0434. The summed E-state index contributed by atoms with van der Waals surface area (Å²) in [4.78, 5) is 2.70. The summed E-state index contributed by atoms with van der Waals surface area (Å²) in [5.41, 5.74) is 5.34. The topological polar surface area (TPSA) is 63.2 Å². The molecule has 0 bridgehead atoms. The molecule has 0 radical (unpaired) electrons. The molecule has 0 saturated carbocycles. The van der Waals surface area contributed by atoms with Gasteiger partial charge in [-0.15, -0.1) is 0 Å². The Morgan fingerprint density at radius 2 is 1.62 bits per heavy atom. The third-order valence-corrected chi connectivity index (χ3v) is 8.44. The van der Waals surface area contributed by atoms with Gasteiger partial charge in [0.25, 0.3) is 0 Å². The number of ether oxygens (including phenoxy) is 3. The Kier molecular flexibility index (Phi) is 6.63. The van der Waals surface area contributed by atoms with Crippen LogP contribution in [-0.4, -0.2) is 51.0 Å². The number of hydrogen-bond donors (Lipinski definition) is 2. The third-order valence-electron chi connectivity index (χ3n) is 8.44. The number of aromatic hydroxyl groups is 1. The molecule has 2 aromatic carbocycles. The Morgan fingerprint density at radius 1 is 0.912 bits per heavy atom. The first-order valence-corrected chi connectivity index (χ1v) is 12.7. The van der Waals surface area contributed by atoms with Crippen LogP contribution < -0.4 is 19.5 Å². The summed E-state index contributed by atoms with van der Waals surface area (Å²) < 4.78 is 16.7. The maximum atomic E-state index is 10.3. The Bertz CT molecular complexity index is 1040. The van der Waals surface area contributed by atoms with Gasteiger partial charge in [0, 0.05) is 25.2 Å². The highest BCUT2D eigenvalue weighted by molar-refractivity contribution is 5.50. The zero-order valence-corrected chi connectivity index (χ0v) is 20.9. The molecule has 184 valence electrons. The fraction of sp³-hybridized carbons (Fsp3) is 0.571. The maximum absolute atomic E-state index is 10.3. The molecule has 6 heteroatoms. The van der Waals surface area contributed by atoms with Crippen molar-refractivity contribution < 1.29 is 19.3 Å². The zero-order chi connectivity index (χ0) is 23.8. The van der Waals surface area contributed by atoms with E-state index in [1.807, 2.05) is 12.1 Å². The van der Waals surface area contributed by atoms with E-state index >= 15 is 0 Å². The highest BCUT2D eigenvalue weighted by atomic mass is 16.5. The molecule has 1 fully saturated rings. The Balaban J connectivity index is 1.43. The van der Waals surface area contributed by atoms with Gasteiger partial charge in [0.15, 0.2) is 23.0 Å². The number of phenolic OH excluding ortho intramolecular Hbond substituents is 1. The molecule has 34 heavy (non-hydrogen) atoms. The number of nitrogens with zero attached hydrogens (tertiary/aromatic N) is 1. The van der Waals surface area contributed by atoms with Crippen LogP contribution in [0.25, 0.3) is 0 Å². The van der Waals surface area contributed by atoms with Gasteiger partial charge in [-0.2, -0.15) is 0 Å². The van der Waals surface area contributed by atoms with Gasteiger partial charge in [0.05, 0.1) is 21.3 Å². The number of nitrogens with one attached hydrogen (secondary N) is 1. The van der Waals surface area contributed by atoms with E-state index in [0.29, 0.717) is 23.6 Å². The summed E-state index contributed by atoms with van der Waals surface area (Å²) in [6.45, 7) is 5.55. The molecular weight excluding hydrogens is 428 g/mol. The molecule has 0 amide bonds. The minimum atomic E-state index is 0.241. The van der Waals surface area contributed by atoms with Crippen LogP contribution in [0.2, 0.25) is 0 Å². The largest absolute Gasteiger partial charge is 0.504 e. The number of rotatable bonds is 6. The number of benzene rings is 2.